The number of carbonyl (C=O) groups excluding carboxylic acids is 1. The Bertz CT molecular complexity index is 251. The van der Waals surface area contributed by atoms with Crippen molar-refractivity contribution in [1.29, 1.82) is 0 Å². The van der Waals surface area contributed by atoms with Gasteiger partial charge in [0.1, 0.15) is 0 Å². The summed E-state index contributed by atoms with van der Waals surface area (Å²) in [6.07, 6.45) is 18.5. The molecule has 0 saturated heterocycles. The fraction of sp³-hybridized carbons (Fsp3) is 0.952. The highest BCUT2D eigenvalue weighted by molar-refractivity contribution is 5.64. The third-order valence-corrected chi connectivity index (χ3v) is 4.79. The first-order valence-electron chi connectivity index (χ1n) is 10.6. The van der Waals surface area contributed by atoms with Gasteiger partial charge in [-0.15, -0.1) is 0 Å². The molecular weight excluding hydrogens is 298 g/mol. The third kappa shape index (κ3) is 17.8. The van der Waals surface area contributed by atoms with Gasteiger partial charge in [0.15, 0.2) is 0 Å². The van der Waals surface area contributed by atoms with E-state index in [-0.39, 0.29) is 6.42 Å². The summed E-state index contributed by atoms with van der Waals surface area (Å²) < 4.78 is 0. The maximum absolute atomic E-state index is 10.7. The standard InChI is InChI=1S/C21H43NO2/c1-3-5-7-9-11-13-15-18-22(20-17-21(23)24)19-16-14-12-10-8-6-4-2/h3-20H2,1-2H3,(H,23,24)/p-1. The van der Waals surface area contributed by atoms with Crippen molar-refractivity contribution in [1.82, 2.24) is 4.90 Å². The van der Waals surface area contributed by atoms with Gasteiger partial charge < -0.3 is 14.8 Å². The average molecular weight is 341 g/mol. The predicted molar refractivity (Wildman–Crippen MR) is 102 cm³/mol. The van der Waals surface area contributed by atoms with E-state index in [1.54, 1.807) is 0 Å². The summed E-state index contributed by atoms with van der Waals surface area (Å²) >= 11 is 0. The normalized spacial score (nSPS) is 11.3. The van der Waals surface area contributed by atoms with Crippen molar-refractivity contribution in [2.45, 2.75) is 110 Å². The predicted octanol–water partition coefficient (Wildman–Crippen LogP) is 4.93. The average Bonchev–Trinajstić information content (AvgIpc) is 2.57. The van der Waals surface area contributed by atoms with Gasteiger partial charge in [-0.3, -0.25) is 0 Å². The largest absolute Gasteiger partial charge is 0.550 e. The minimum absolute atomic E-state index is 0.174. The van der Waals surface area contributed by atoms with E-state index in [1.165, 1.54) is 89.9 Å². The molecule has 0 heterocycles. The molecule has 3 nitrogen and oxygen atoms in total. The van der Waals surface area contributed by atoms with E-state index >= 15 is 0 Å². The number of nitrogens with zero attached hydrogens (tertiary/aromatic N) is 1. The van der Waals surface area contributed by atoms with E-state index in [1.807, 2.05) is 0 Å². The van der Waals surface area contributed by atoms with Gasteiger partial charge in [0.05, 0.1) is 0 Å². The monoisotopic (exact) mass is 340 g/mol. The molecule has 0 aliphatic rings. The molecule has 0 bridgehead atoms. The number of rotatable bonds is 19. The Labute approximate surface area is 151 Å². The van der Waals surface area contributed by atoms with E-state index in [4.69, 9.17) is 0 Å². The maximum Gasteiger partial charge on any atom is 0.0427 e. The molecule has 144 valence electrons. The second-order valence-corrected chi connectivity index (χ2v) is 7.21. The number of carboxylic acid groups (broad SMARTS) is 1. The molecule has 0 unspecified atom stereocenters. The van der Waals surface area contributed by atoms with Crippen molar-refractivity contribution in [3.05, 3.63) is 0 Å². The summed E-state index contributed by atoms with van der Waals surface area (Å²) in [6.45, 7) is 7.26. The molecule has 0 rings (SSSR count). The molecule has 0 amide bonds. The van der Waals surface area contributed by atoms with Gasteiger partial charge in [-0.25, -0.2) is 0 Å². The number of carbonyl (C=O) groups is 1. The van der Waals surface area contributed by atoms with Gasteiger partial charge >= 0.3 is 0 Å². The Kier molecular flexibility index (Phi) is 18.3. The molecule has 0 aromatic carbocycles. The van der Waals surface area contributed by atoms with Crippen LogP contribution >= 0.6 is 0 Å². The molecule has 0 aromatic rings. The zero-order valence-electron chi connectivity index (χ0n) is 16.5. The van der Waals surface area contributed by atoms with Gasteiger partial charge in [-0.05, 0) is 32.4 Å². The van der Waals surface area contributed by atoms with Gasteiger partial charge in [0.25, 0.3) is 0 Å². The Morgan fingerprint density at radius 1 is 0.625 bits per heavy atom. The van der Waals surface area contributed by atoms with Crippen molar-refractivity contribution >= 4 is 5.97 Å². The van der Waals surface area contributed by atoms with Crippen LogP contribution in [0.2, 0.25) is 0 Å². The number of hydrogen-bond donors (Lipinski definition) is 0. The van der Waals surface area contributed by atoms with Crippen molar-refractivity contribution in [2.75, 3.05) is 19.6 Å². The molecule has 0 radical (unpaired) electrons. The molecule has 0 aliphatic heterocycles. The maximum atomic E-state index is 10.7. The van der Waals surface area contributed by atoms with Gasteiger partial charge in [-0.1, -0.05) is 90.9 Å². The molecule has 0 spiro atoms. The first kappa shape index (κ1) is 23.4. The fourth-order valence-corrected chi connectivity index (χ4v) is 3.17. The summed E-state index contributed by atoms with van der Waals surface area (Å²) in [6, 6.07) is 0. The number of unbranched alkanes of at least 4 members (excludes halogenated alkanes) is 12. The van der Waals surface area contributed by atoms with Gasteiger partial charge in [0.2, 0.25) is 0 Å². The van der Waals surface area contributed by atoms with Crippen LogP contribution < -0.4 is 5.11 Å². The highest BCUT2D eigenvalue weighted by Crippen LogP contribution is 2.10. The van der Waals surface area contributed by atoms with Crippen LogP contribution in [0.15, 0.2) is 0 Å². The summed E-state index contributed by atoms with van der Waals surface area (Å²) in [7, 11) is 0. The molecule has 0 aromatic heterocycles. The number of aliphatic carboxylic acids is 1. The first-order chi connectivity index (χ1) is 11.7. The summed E-state index contributed by atoms with van der Waals surface area (Å²) in [5, 5.41) is 10.7. The van der Waals surface area contributed by atoms with Crippen molar-refractivity contribution in [3.63, 3.8) is 0 Å². The fourth-order valence-electron chi connectivity index (χ4n) is 3.17. The quantitative estimate of drug-likeness (QED) is 0.313. The van der Waals surface area contributed by atoms with Crippen LogP contribution in [0.1, 0.15) is 110 Å². The Morgan fingerprint density at radius 2 is 1.00 bits per heavy atom. The lowest BCUT2D eigenvalue weighted by atomic mass is 10.1. The minimum atomic E-state index is -0.917. The molecule has 24 heavy (non-hydrogen) atoms. The van der Waals surface area contributed by atoms with Crippen molar-refractivity contribution in [2.24, 2.45) is 0 Å². The zero-order chi connectivity index (χ0) is 17.9. The highest BCUT2D eigenvalue weighted by Gasteiger charge is 2.05. The SMILES string of the molecule is CCCCCCCCCN(CCCCCCCCC)CCC(=O)[O-]. The van der Waals surface area contributed by atoms with Crippen LogP contribution in [0.25, 0.3) is 0 Å². The Balaban J connectivity index is 3.70. The summed E-state index contributed by atoms with van der Waals surface area (Å²) in [5.41, 5.74) is 0. The van der Waals surface area contributed by atoms with Crippen molar-refractivity contribution < 1.29 is 9.90 Å². The van der Waals surface area contributed by atoms with E-state index in [0.717, 1.165) is 13.1 Å². The molecule has 0 N–H and O–H groups in total. The minimum Gasteiger partial charge on any atom is -0.550 e. The summed E-state index contributed by atoms with van der Waals surface area (Å²) in [4.78, 5) is 13.1. The molecule has 0 saturated carbocycles. The smallest absolute Gasteiger partial charge is 0.0427 e. The van der Waals surface area contributed by atoms with Gasteiger partial charge in [0, 0.05) is 12.5 Å². The molecule has 0 aliphatic carbocycles. The van der Waals surface area contributed by atoms with Crippen LogP contribution in [0.4, 0.5) is 0 Å². The van der Waals surface area contributed by atoms with E-state index in [0.29, 0.717) is 6.54 Å². The lowest BCUT2D eigenvalue weighted by Gasteiger charge is -2.22. The third-order valence-electron chi connectivity index (χ3n) is 4.79. The van der Waals surface area contributed by atoms with Crippen LogP contribution in [0, 0.1) is 0 Å². The lowest BCUT2D eigenvalue weighted by Crippen LogP contribution is -2.32. The van der Waals surface area contributed by atoms with Crippen molar-refractivity contribution in [3.8, 4) is 0 Å². The van der Waals surface area contributed by atoms with E-state index < -0.39 is 5.97 Å². The lowest BCUT2D eigenvalue weighted by molar-refractivity contribution is -0.305. The highest BCUT2D eigenvalue weighted by atomic mass is 16.4. The van der Waals surface area contributed by atoms with E-state index in [2.05, 4.69) is 18.7 Å². The van der Waals surface area contributed by atoms with E-state index in [9.17, 15) is 9.90 Å². The Hall–Kier alpha value is -0.570. The van der Waals surface area contributed by atoms with Crippen LogP contribution in [-0.4, -0.2) is 30.5 Å². The van der Waals surface area contributed by atoms with Crippen LogP contribution in [0.3, 0.4) is 0 Å². The van der Waals surface area contributed by atoms with Crippen LogP contribution in [0.5, 0.6) is 0 Å². The number of hydrogen-bond acceptors (Lipinski definition) is 3. The first-order valence-corrected chi connectivity index (χ1v) is 10.6. The Morgan fingerprint density at radius 3 is 1.38 bits per heavy atom. The molecular formula is C21H42NO2-. The molecule has 3 heteroatoms. The second kappa shape index (κ2) is 18.8. The molecule has 0 fully saturated rings. The number of carboxylic acids is 1. The second-order valence-electron chi connectivity index (χ2n) is 7.21. The summed E-state index contributed by atoms with van der Waals surface area (Å²) in [5.74, 6) is -0.917. The zero-order valence-corrected chi connectivity index (χ0v) is 16.5. The van der Waals surface area contributed by atoms with Crippen LogP contribution in [-0.2, 0) is 4.79 Å². The topological polar surface area (TPSA) is 43.4 Å². The van der Waals surface area contributed by atoms with Gasteiger partial charge in [-0.2, -0.15) is 0 Å². The molecule has 0 atom stereocenters.